The SMILES string of the molecule is CNCC(C)(O)CC1CCC2(CCCC2)O1. The highest BCUT2D eigenvalue weighted by molar-refractivity contribution is 4.94. The minimum absolute atomic E-state index is 0.195. The quantitative estimate of drug-likeness (QED) is 0.770. The van der Waals surface area contributed by atoms with E-state index >= 15 is 0 Å². The molecule has 2 rings (SSSR count). The van der Waals surface area contributed by atoms with Crippen molar-refractivity contribution in [1.29, 1.82) is 0 Å². The Hall–Kier alpha value is -0.120. The van der Waals surface area contributed by atoms with E-state index in [0.29, 0.717) is 6.54 Å². The molecule has 3 nitrogen and oxygen atoms in total. The maximum atomic E-state index is 10.2. The number of ether oxygens (including phenoxy) is 1. The molecular formula is C13H25NO2. The first-order valence-electron chi connectivity index (χ1n) is 6.60. The highest BCUT2D eigenvalue weighted by Crippen LogP contribution is 2.44. The Morgan fingerprint density at radius 1 is 1.38 bits per heavy atom. The van der Waals surface area contributed by atoms with Gasteiger partial charge >= 0.3 is 0 Å². The predicted molar refractivity (Wildman–Crippen MR) is 64.5 cm³/mol. The van der Waals surface area contributed by atoms with Crippen LogP contribution in [0.3, 0.4) is 0 Å². The second-order valence-corrected chi connectivity index (χ2v) is 5.90. The molecule has 0 radical (unpaired) electrons. The second kappa shape index (κ2) is 4.63. The first kappa shape index (κ1) is 12.3. The van der Waals surface area contributed by atoms with Crippen LogP contribution in [-0.2, 0) is 4.74 Å². The Morgan fingerprint density at radius 3 is 2.69 bits per heavy atom. The summed E-state index contributed by atoms with van der Waals surface area (Å²) < 4.78 is 6.20. The average Bonchev–Trinajstić information content (AvgIpc) is 2.77. The van der Waals surface area contributed by atoms with Gasteiger partial charge in [0.1, 0.15) is 0 Å². The summed E-state index contributed by atoms with van der Waals surface area (Å²) in [5, 5.41) is 13.2. The van der Waals surface area contributed by atoms with Crippen molar-refractivity contribution in [2.24, 2.45) is 0 Å². The van der Waals surface area contributed by atoms with E-state index in [-0.39, 0.29) is 11.7 Å². The first-order valence-corrected chi connectivity index (χ1v) is 6.60. The van der Waals surface area contributed by atoms with Crippen LogP contribution in [0.2, 0.25) is 0 Å². The van der Waals surface area contributed by atoms with E-state index in [0.717, 1.165) is 12.8 Å². The molecule has 1 spiro atoms. The monoisotopic (exact) mass is 227 g/mol. The average molecular weight is 227 g/mol. The summed E-state index contributed by atoms with van der Waals surface area (Å²) in [6.07, 6.45) is 8.46. The minimum Gasteiger partial charge on any atom is -0.389 e. The van der Waals surface area contributed by atoms with Gasteiger partial charge in [-0.1, -0.05) is 12.8 Å². The van der Waals surface area contributed by atoms with Crippen molar-refractivity contribution in [1.82, 2.24) is 5.32 Å². The zero-order valence-corrected chi connectivity index (χ0v) is 10.6. The van der Waals surface area contributed by atoms with Crippen molar-refractivity contribution < 1.29 is 9.84 Å². The third-order valence-corrected chi connectivity index (χ3v) is 4.08. The Kier molecular flexibility index (Phi) is 3.57. The fraction of sp³-hybridized carbons (Fsp3) is 1.00. The van der Waals surface area contributed by atoms with Gasteiger partial charge in [0.25, 0.3) is 0 Å². The molecule has 0 aromatic carbocycles. The van der Waals surface area contributed by atoms with Crippen LogP contribution in [-0.4, -0.2) is 36.0 Å². The lowest BCUT2D eigenvalue weighted by Crippen LogP contribution is -2.40. The summed E-state index contributed by atoms with van der Waals surface area (Å²) in [6.45, 7) is 2.53. The van der Waals surface area contributed by atoms with E-state index in [4.69, 9.17) is 4.74 Å². The lowest BCUT2D eigenvalue weighted by molar-refractivity contribution is -0.0702. The molecule has 2 fully saturated rings. The van der Waals surface area contributed by atoms with Gasteiger partial charge in [0, 0.05) is 13.0 Å². The molecule has 16 heavy (non-hydrogen) atoms. The number of aliphatic hydroxyl groups is 1. The lowest BCUT2D eigenvalue weighted by Gasteiger charge is -2.29. The van der Waals surface area contributed by atoms with Gasteiger partial charge < -0.3 is 15.2 Å². The Bertz CT molecular complexity index is 234. The number of nitrogens with one attached hydrogen (secondary N) is 1. The Morgan fingerprint density at radius 2 is 2.06 bits per heavy atom. The maximum absolute atomic E-state index is 10.2. The Labute approximate surface area is 98.6 Å². The van der Waals surface area contributed by atoms with Crippen molar-refractivity contribution in [3.63, 3.8) is 0 Å². The molecule has 0 aromatic rings. The molecule has 1 aliphatic heterocycles. The third-order valence-electron chi connectivity index (χ3n) is 4.08. The number of rotatable bonds is 4. The summed E-state index contributed by atoms with van der Waals surface area (Å²) >= 11 is 0. The van der Waals surface area contributed by atoms with Gasteiger partial charge in [0.15, 0.2) is 0 Å². The topological polar surface area (TPSA) is 41.5 Å². The van der Waals surface area contributed by atoms with E-state index in [1.807, 2.05) is 14.0 Å². The molecule has 2 unspecified atom stereocenters. The molecule has 0 bridgehead atoms. The fourth-order valence-corrected chi connectivity index (χ4v) is 3.37. The molecule has 2 aliphatic rings. The van der Waals surface area contributed by atoms with Gasteiger partial charge in [0.2, 0.25) is 0 Å². The van der Waals surface area contributed by atoms with Crippen molar-refractivity contribution in [2.45, 2.75) is 69.2 Å². The minimum atomic E-state index is -0.635. The van der Waals surface area contributed by atoms with Crippen LogP contribution in [0.4, 0.5) is 0 Å². The summed E-state index contributed by atoms with van der Waals surface area (Å²) in [7, 11) is 1.88. The van der Waals surface area contributed by atoms with Crippen molar-refractivity contribution in [3.05, 3.63) is 0 Å². The van der Waals surface area contributed by atoms with Crippen LogP contribution in [0.5, 0.6) is 0 Å². The number of likely N-dealkylation sites (N-methyl/N-ethyl adjacent to an activating group) is 1. The maximum Gasteiger partial charge on any atom is 0.0768 e. The molecule has 2 atom stereocenters. The van der Waals surface area contributed by atoms with Crippen LogP contribution < -0.4 is 5.32 Å². The standard InChI is InChI=1S/C13H25NO2/c1-12(15,10-14-2)9-11-5-8-13(16-11)6-3-4-7-13/h11,14-15H,3-10H2,1-2H3. The normalized spacial score (nSPS) is 32.1. The molecule has 1 saturated heterocycles. The molecule has 0 amide bonds. The second-order valence-electron chi connectivity index (χ2n) is 5.90. The summed E-state index contributed by atoms with van der Waals surface area (Å²) in [5.41, 5.74) is -0.441. The summed E-state index contributed by atoms with van der Waals surface area (Å²) in [6, 6.07) is 0. The van der Waals surface area contributed by atoms with E-state index in [1.54, 1.807) is 0 Å². The summed E-state index contributed by atoms with van der Waals surface area (Å²) in [4.78, 5) is 0. The van der Waals surface area contributed by atoms with E-state index in [9.17, 15) is 5.11 Å². The number of hydrogen-bond donors (Lipinski definition) is 2. The van der Waals surface area contributed by atoms with Crippen LogP contribution in [0.1, 0.15) is 51.9 Å². The third kappa shape index (κ3) is 2.76. The van der Waals surface area contributed by atoms with Crippen molar-refractivity contribution in [2.75, 3.05) is 13.6 Å². The first-order chi connectivity index (χ1) is 7.55. The Balaban J connectivity index is 1.84. The van der Waals surface area contributed by atoms with Crippen LogP contribution >= 0.6 is 0 Å². The molecule has 1 aliphatic carbocycles. The molecule has 0 aromatic heterocycles. The van der Waals surface area contributed by atoms with Gasteiger partial charge in [0.05, 0.1) is 17.3 Å². The molecule has 3 heteroatoms. The molecular weight excluding hydrogens is 202 g/mol. The molecule has 1 heterocycles. The zero-order chi connectivity index (χ0) is 11.6. The summed E-state index contributed by atoms with van der Waals surface area (Å²) in [5.74, 6) is 0. The van der Waals surface area contributed by atoms with Gasteiger partial charge in [-0.15, -0.1) is 0 Å². The van der Waals surface area contributed by atoms with Crippen molar-refractivity contribution >= 4 is 0 Å². The highest BCUT2D eigenvalue weighted by Gasteiger charge is 2.43. The van der Waals surface area contributed by atoms with E-state index in [1.165, 1.54) is 32.1 Å². The molecule has 2 N–H and O–H groups in total. The highest BCUT2D eigenvalue weighted by atomic mass is 16.5. The van der Waals surface area contributed by atoms with Gasteiger partial charge in [-0.3, -0.25) is 0 Å². The molecule has 94 valence electrons. The van der Waals surface area contributed by atoms with Crippen LogP contribution in [0.25, 0.3) is 0 Å². The zero-order valence-electron chi connectivity index (χ0n) is 10.6. The van der Waals surface area contributed by atoms with Crippen LogP contribution in [0.15, 0.2) is 0 Å². The fourth-order valence-electron chi connectivity index (χ4n) is 3.37. The van der Waals surface area contributed by atoms with Crippen LogP contribution in [0, 0.1) is 0 Å². The van der Waals surface area contributed by atoms with Crippen molar-refractivity contribution in [3.8, 4) is 0 Å². The number of hydrogen-bond acceptors (Lipinski definition) is 3. The van der Waals surface area contributed by atoms with E-state index in [2.05, 4.69) is 5.32 Å². The lowest BCUT2D eigenvalue weighted by atomic mass is 9.95. The largest absolute Gasteiger partial charge is 0.389 e. The van der Waals surface area contributed by atoms with Gasteiger partial charge in [-0.05, 0) is 39.7 Å². The van der Waals surface area contributed by atoms with Gasteiger partial charge in [-0.25, -0.2) is 0 Å². The smallest absolute Gasteiger partial charge is 0.0768 e. The predicted octanol–water partition coefficient (Wildman–Crippen LogP) is 1.84. The van der Waals surface area contributed by atoms with E-state index < -0.39 is 5.60 Å². The molecule has 1 saturated carbocycles. The van der Waals surface area contributed by atoms with Gasteiger partial charge in [-0.2, -0.15) is 0 Å².